The van der Waals surface area contributed by atoms with Crippen LogP contribution in [-0.4, -0.2) is 54.7 Å². The van der Waals surface area contributed by atoms with Crippen LogP contribution in [0, 0.1) is 0 Å². The number of aliphatic hydroxyl groups is 2. The summed E-state index contributed by atoms with van der Waals surface area (Å²) in [6, 6.07) is 0. The smallest absolute Gasteiger partial charge is 0.790 e. The number of nitrogen functional groups attached to an aromatic ring is 1. The number of aromatic nitrogens is 4. The summed E-state index contributed by atoms with van der Waals surface area (Å²) in [7, 11) is -5.22. The van der Waals surface area contributed by atoms with Gasteiger partial charge in [-0.05, 0) is 0 Å². The van der Waals surface area contributed by atoms with Crippen LogP contribution in [0.3, 0.4) is 0 Å². The molecule has 4 atom stereocenters. The second-order valence-corrected chi connectivity index (χ2v) is 6.02. The summed E-state index contributed by atoms with van der Waals surface area (Å²) in [6.07, 6.45) is -2.75. The number of phosphoric acid groups is 1. The van der Waals surface area contributed by atoms with Crippen molar-refractivity contribution in [1.82, 2.24) is 19.5 Å². The van der Waals surface area contributed by atoms with E-state index in [0.29, 0.717) is 0 Å². The topological polar surface area (TPSA) is 192 Å². The predicted molar refractivity (Wildman–Crippen MR) is 69.2 cm³/mol. The van der Waals surface area contributed by atoms with Crippen molar-refractivity contribution in [2.45, 2.75) is 24.5 Å². The molecule has 3 rings (SSSR count). The van der Waals surface area contributed by atoms with Crippen LogP contribution in [-0.2, 0) is 13.8 Å². The third-order valence-electron chi connectivity index (χ3n) is 3.40. The summed E-state index contributed by atoms with van der Waals surface area (Å²) < 4.78 is 21.3. The Bertz CT molecular complexity index is 773. The molecule has 1 aliphatic heterocycles. The standard InChI is InChI=1S/C10H14N5O7P.2Na/c11-8-5-9(13-2-12-8)15(3-14-5)10-7(17)6(16)4(22-10)1-21-23(18,19)20;;/h2-4,6-7,10,16-17H,1H2,(H2,11,12,13)(H2,18,19,20);;/q;2*+1/p-2/t4-,6-,7-,10-;;/m1../s1/i10+1;;. The predicted octanol–water partition coefficient (Wildman–Crippen LogP) is -9.12. The molecule has 0 radical (unpaired) electrons. The van der Waals surface area contributed by atoms with E-state index in [2.05, 4.69) is 19.5 Å². The average molecular weight is 392 g/mol. The Morgan fingerprint density at radius 3 is 2.60 bits per heavy atom. The molecular formula is C10H12N5Na2O7P. The average Bonchev–Trinajstić information content (AvgIpc) is 3.01. The van der Waals surface area contributed by atoms with Crippen molar-refractivity contribution >= 4 is 24.8 Å². The minimum absolute atomic E-state index is 0. The third kappa shape index (κ3) is 4.99. The van der Waals surface area contributed by atoms with Crippen LogP contribution < -0.4 is 74.6 Å². The fraction of sp³-hybridized carbons (Fsp3) is 0.500. The number of imidazole rings is 1. The number of hydrogen-bond donors (Lipinski definition) is 3. The van der Waals surface area contributed by atoms with Crippen molar-refractivity contribution in [2.75, 3.05) is 12.3 Å². The summed E-state index contributed by atoms with van der Waals surface area (Å²) in [6.45, 7) is -0.719. The molecular weight excluding hydrogens is 380 g/mol. The summed E-state index contributed by atoms with van der Waals surface area (Å²) in [4.78, 5) is 32.8. The second kappa shape index (κ2) is 9.02. The maximum Gasteiger partial charge on any atom is 1.00 e. The van der Waals surface area contributed by atoms with Crippen molar-refractivity contribution in [2.24, 2.45) is 0 Å². The number of hydrogen-bond acceptors (Lipinski definition) is 11. The van der Waals surface area contributed by atoms with Gasteiger partial charge in [0.1, 0.15) is 30.2 Å². The summed E-state index contributed by atoms with van der Waals surface area (Å²) in [5.74, 6) is 0.125. The zero-order valence-electron chi connectivity index (χ0n) is 13.4. The molecule has 2 aromatic heterocycles. The van der Waals surface area contributed by atoms with Gasteiger partial charge in [-0.3, -0.25) is 4.57 Å². The van der Waals surface area contributed by atoms with Crippen molar-refractivity contribution in [3.8, 4) is 0 Å². The fourth-order valence-electron chi connectivity index (χ4n) is 2.32. The van der Waals surface area contributed by atoms with E-state index in [-0.39, 0.29) is 76.1 Å². The monoisotopic (exact) mass is 392 g/mol. The van der Waals surface area contributed by atoms with Crippen LogP contribution >= 0.6 is 7.82 Å². The van der Waals surface area contributed by atoms with E-state index >= 15 is 0 Å². The molecule has 15 heteroatoms. The quantitative estimate of drug-likeness (QED) is 0.254. The van der Waals surface area contributed by atoms with E-state index in [4.69, 9.17) is 10.5 Å². The molecule has 0 amide bonds. The normalized spacial score (nSPS) is 26.2. The molecule has 1 saturated heterocycles. The number of nitrogens with two attached hydrogens (primary N) is 1. The van der Waals surface area contributed by atoms with Gasteiger partial charge in [0.05, 0.1) is 20.8 Å². The van der Waals surface area contributed by atoms with Crippen LogP contribution in [0.15, 0.2) is 12.7 Å². The van der Waals surface area contributed by atoms with E-state index in [1.807, 2.05) is 0 Å². The molecule has 0 bridgehead atoms. The Balaban J connectivity index is 0.00000156. The molecule has 0 spiro atoms. The van der Waals surface area contributed by atoms with E-state index in [1.165, 1.54) is 17.2 Å². The first-order chi connectivity index (χ1) is 10.8. The zero-order chi connectivity index (χ0) is 16.8. The SMILES string of the molecule is Nc1ncnc2c1ncn2[13C@@H]1O[C@H](COP(=O)([O-])[O-])[C@@H](O)[C@H]1O.[Na+].[Na+]. The fourth-order valence-corrected chi connectivity index (χ4v) is 2.65. The molecule has 126 valence electrons. The number of ether oxygens (including phenoxy) is 1. The number of anilines is 1. The first-order valence-electron chi connectivity index (χ1n) is 6.39. The van der Waals surface area contributed by atoms with Crippen molar-refractivity contribution < 1.29 is 92.9 Å². The van der Waals surface area contributed by atoms with Crippen LogP contribution in [0.2, 0.25) is 0 Å². The number of fused-ring (bicyclic) bond motifs is 1. The maximum atomic E-state index is 10.5. The minimum atomic E-state index is -5.22. The van der Waals surface area contributed by atoms with E-state index < -0.39 is 39.0 Å². The first kappa shape index (κ1) is 23.4. The number of aliphatic hydroxyl groups excluding tert-OH is 2. The molecule has 4 N–H and O–H groups in total. The molecule has 0 saturated carbocycles. The molecule has 3 heterocycles. The van der Waals surface area contributed by atoms with E-state index in [0.717, 1.165) is 0 Å². The van der Waals surface area contributed by atoms with Crippen molar-refractivity contribution in [3.05, 3.63) is 12.7 Å². The molecule has 1 aliphatic rings. The second-order valence-electron chi connectivity index (χ2n) is 4.87. The molecule has 12 nitrogen and oxygen atoms in total. The molecule has 25 heavy (non-hydrogen) atoms. The Morgan fingerprint density at radius 2 is 1.96 bits per heavy atom. The van der Waals surface area contributed by atoms with Gasteiger partial charge in [-0.1, -0.05) is 0 Å². The Morgan fingerprint density at radius 1 is 1.28 bits per heavy atom. The summed E-state index contributed by atoms with van der Waals surface area (Å²) >= 11 is 0. The van der Waals surface area contributed by atoms with Gasteiger partial charge in [0.15, 0.2) is 17.7 Å². The minimum Gasteiger partial charge on any atom is -0.790 e. The van der Waals surface area contributed by atoms with Gasteiger partial charge in [0.2, 0.25) is 0 Å². The van der Waals surface area contributed by atoms with Gasteiger partial charge >= 0.3 is 59.1 Å². The van der Waals surface area contributed by atoms with Gasteiger partial charge < -0.3 is 39.6 Å². The first-order valence-corrected chi connectivity index (χ1v) is 7.85. The molecule has 0 aromatic carbocycles. The molecule has 1 fully saturated rings. The number of rotatable bonds is 4. The van der Waals surface area contributed by atoms with Gasteiger partial charge in [0.25, 0.3) is 0 Å². The largest absolute Gasteiger partial charge is 1.00 e. The number of phosphoric ester groups is 1. The number of nitrogens with zero attached hydrogens (tertiary/aromatic N) is 4. The van der Waals surface area contributed by atoms with Crippen LogP contribution in [0.4, 0.5) is 5.82 Å². The van der Waals surface area contributed by atoms with Gasteiger partial charge in [-0.2, -0.15) is 0 Å². The van der Waals surface area contributed by atoms with E-state index in [9.17, 15) is 24.6 Å². The summed E-state index contributed by atoms with van der Waals surface area (Å²) in [5, 5.41) is 20.0. The Kier molecular flexibility index (Phi) is 8.44. The maximum absolute atomic E-state index is 10.5. The molecule has 0 unspecified atom stereocenters. The molecule has 2 aromatic rings. The zero-order valence-corrected chi connectivity index (χ0v) is 18.3. The van der Waals surface area contributed by atoms with Crippen LogP contribution in [0.1, 0.15) is 6.23 Å². The Labute approximate surface area is 185 Å². The van der Waals surface area contributed by atoms with Gasteiger partial charge in [0, 0.05) is 0 Å². The van der Waals surface area contributed by atoms with Crippen molar-refractivity contribution in [1.29, 1.82) is 0 Å². The molecule has 0 aliphatic carbocycles. The summed E-state index contributed by atoms with van der Waals surface area (Å²) in [5.41, 5.74) is 6.19. The van der Waals surface area contributed by atoms with E-state index in [1.54, 1.807) is 0 Å². The van der Waals surface area contributed by atoms with Crippen molar-refractivity contribution in [3.63, 3.8) is 0 Å². The van der Waals surface area contributed by atoms with Gasteiger partial charge in [-0.25, -0.2) is 15.0 Å². The van der Waals surface area contributed by atoms with Crippen LogP contribution in [0.5, 0.6) is 0 Å². The van der Waals surface area contributed by atoms with Gasteiger partial charge in [-0.15, -0.1) is 0 Å². The Hall–Kier alpha value is 0.340. The third-order valence-corrected chi connectivity index (χ3v) is 3.86. The van der Waals surface area contributed by atoms with Crippen LogP contribution in [0.25, 0.3) is 11.2 Å².